The summed E-state index contributed by atoms with van der Waals surface area (Å²) in [6.07, 6.45) is 5.48. The molecule has 20 heavy (non-hydrogen) atoms. The smallest absolute Gasteiger partial charge is 0.246 e. The summed E-state index contributed by atoms with van der Waals surface area (Å²) in [5.41, 5.74) is 1.13. The molecule has 0 aromatic heterocycles. The molecule has 3 nitrogen and oxygen atoms in total. The summed E-state index contributed by atoms with van der Waals surface area (Å²) in [6, 6.07) is 6.13. The van der Waals surface area contributed by atoms with Crippen LogP contribution in [0.4, 0.5) is 5.69 Å². The van der Waals surface area contributed by atoms with Gasteiger partial charge < -0.3 is 14.8 Å². The summed E-state index contributed by atoms with van der Waals surface area (Å²) >= 11 is 0. The van der Waals surface area contributed by atoms with Crippen molar-refractivity contribution in [2.45, 2.75) is 52.2 Å². The number of nitrogens with one attached hydrogen (secondary N) is 1. The lowest BCUT2D eigenvalue weighted by Gasteiger charge is -2.27. The topological polar surface area (TPSA) is 30.5 Å². The van der Waals surface area contributed by atoms with Crippen molar-refractivity contribution >= 4 is 5.69 Å². The zero-order chi connectivity index (χ0) is 14.2. The van der Waals surface area contributed by atoms with E-state index >= 15 is 0 Å². The van der Waals surface area contributed by atoms with Crippen LogP contribution in [-0.4, -0.2) is 12.3 Å². The number of rotatable bonds is 3. The molecule has 0 amide bonds. The lowest BCUT2D eigenvalue weighted by Crippen LogP contribution is -2.29. The SMILES string of the molecule is CC1CCCC(CNc2ccc3c(c2)OC(C)(C)O3)C1. The molecule has 0 spiro atoms. The molecule has 1 heterocycles. The molecule has 1 saturated carbocycles. The first-order valence-corrected chi connectivity index (χ1v) is 7.78. The number of benzene rings is 1. The van der Waals surface area contributed by atoms with Gasteiger partial charge in [0.1, 0.15) is 0 Å². The summed E-state index contributed by atoms with van der Waals surface area (Å²) in [5, 5.41) is 3.56. The van der Waals surface area contributed by atoms with Crippen molar-refractivity contribution < 1.29 is 9.47 Å². The van der Waals surface area contributed by atoms with E-state index in [9.17, 15) is 0 Å². The van der Waals surface area contributed by atoms with Crippen molar-refractivity contribution in [2.75, 3.05) is 11.9 Å². The Morgan fingerprint density at radius 2 is 2.00 bits per heavy atom. The predicted molar refractivity (Wildman–Crippen MR) is 81.4 cm³/mol. The van der Waals surface area contributed by atoms with E-state index in [0.29, 0.717) is 0 Å². The van der Waals surface area contributed by atoms with Crippen molar-refractivity contribution in [2.24, 2.45) is 11.8 Å². The number of ether oxygens (including phenoxy) is 2. The highest BCUT2D eigenvalue weighted by Crippen LogP contribution is 2.40. The average Bonchev–Trinajstić information content (AvgIpc) is 2.69. The Balaban J connectivity index is 1.59. The molecule has 2 atom stereocenters. The highest BCUT2D eigenvalue weighted by Gasteiger charge is 2.31. The fraction of sp³-hybridized carbons (Fsp3) is 0.647. The first kappa shape index (κ1) is 13.6. The Kier molecular flexibility index (Phi) is 3.53. The third kappa shape index (κ3) is 3.02. The molecule has 1 aromatic carbocycles. The van der Waals surface area contributed by atoms with E-state index in [1.807, 2.05) is 19.9 Å². The zero-order valence-corrected chi connectivity index (χ0v) is 12.7. The number of fused-ring (bicyclic) bond motifs is 1. The molecule has 1 aliphatic heterocycles. The molecule has 0 saturated heterocycles. The summed E-state index contributed by atoms with van der Waals surface area (Å²) in [7, 11) is 0. The average molecular weight is 275 g/mol. The first-order valence-electron chi connectivity index (χ1n) is 7.78. The summed E-state index contributed by atoms with van der Waals surface area (Å²) < 4.78 is 11.5. The molecular weight excluding hydrogens is 250 g/mol. The van der Waals surface area contributed by atoms with Crippen LogP contribution in [0, 0.1) is 11.8 Å². The molecule has 1 aromatic rings. The third-order valence-electron chi connectivity index (χ3n) is 4.30. The van der Waals surface area contributed by atoms with Gasteiger partial charge in [0.15, 0.2) is 11.5 Å². The van der Waals surface area contributed by atoms with Gasteiger partial charge in [0, 0.05) is 32.1 Å². The van der Waals surface area contributed by atoms with Crippen LogP contribution in [0.2, 0.25) is 0 Å². The minimum Gasteiger partial charge on any atom is -0.449 e. The molecule has 1 fully saturated rings. The van der Waals surface area contributed by atoms with Crippen LogP contribution in [0.15, 0.2) is 18.2 Å². The van der Waals surface area contributed by atoms with Crippen LogP contribution in [0.25, 0.3) is 0 Å². The Morgan fingerprint density at radius 3 is 2.80 bits per heavy atom. The van der Waals surface area contributed by atoms with Crippen LogP contribution in [0.1, 0.15) is 46.5 Å². The fourth-order valence-corrected chi connectivity index (χ4v) is 3.34. The lowest BCUT2D eigenvalue weighted by molar-refractivity contribution is -0.0431. The van der Waals surface area contributed by atoms with Crippen LogP contribution in [-0.2, 0) is 0 Å². The highest BCUT2D eigenvalue weighted by atomic mass is 16.7. The van der Waals surface area contributed by atoms with Gasteiger partial charge in [-0.25, -0.2) is 0 Å². The maximum Gasteiger partial charge on any atom is 0.246 e. The van der Waals surface area contributed by atoms with Crippen LogP contribution in [0.3, 0.4) is 0 Å². The number of hydrogen-bond donors (Lipinski definition) is 1. The van der Waals surface area contributed by atoms with Crippen molar-refractivity contribution in [3.63, 3.8) is 0 Å². The number of anilines is 1. The van der Waals surface area contributed by atoms with Gasteiger partial charge in [0.25, 0.3) is 0 Å². The Labute approximate surface area is 121 Å². The zero-order valence-electron chi connectivity index (χ0n) is 12.7. The van der Waals surface area contributed by atoms with Crippen molar-refractivity contribution in [3.8, 4) is 11.5 Å². The maximum absolute atomic E-state index is 5.78. The van der Waals surface area contributed by atoms with E-state index in [0.717, 1.165) is 35.6 Å². The molecule has 2 aliphatic rings. The van der Waals surface area contributed by atoms with Crippen LogP contribution >= 0.6 is 0 Å². The second kappa shape index (κ2) is 5.19. The first-order chi connectivity index (χ1) is 9.52. The molecule has 0 radical (unpaired) electrons. The molecule has 110 valence electrons. The van der Waals surface area contributed by atoms with E-state index in [2.05, 4.69) is 24.4 Å². The Hall–Kier alpha value is -1.38. The normalized spacial score (nSPS) is 27.4. The van der Waals surface area contributed by atoms with Crippen LogP contribution in [0.5, 0.6) is 11.5 Å². The van der Waals surface area contributed by atoms with Gasteiger partial charge in [-0.15, -0.1) is 0 Å². The van der Waals surface area contributed by atoms with Crippen LogP contribution < -0.4 is 14.8 Å². The van der Waals surface area contributed by atoms with Gasteiger partial charge in [-0.05, 0) is 36.8 Å². The third-order valence-corrected chi connectivity index (χ3v) is 4.30. The Morgan fingerprint density at radius 1 is 1.20 bits per heavy atom. The van der Waals surface area contributed by atoms with E-state index in [4.69, 9.17) is 9.47 Å². The lowest BCUT2D eigenvalue weighted by atomic mass is 9.82. The van der Waals surface area contributed by atoms with Crippen molar-refractivity contribution in [1.82, 2.24) is 0 Å². The minimum absolute atomic E-state index is 0.542. The van der Waals surface area contributed by atoms with E-state index < -0.39 is 5.79 Å². The van der Waals surface area contributed by atoms with E-state index in [1.54, 1.807) is 0 Å². The van der Waals surface area contributed by atoms with Gasteiger partial charge >= 0.3 is 0 Å². The largest absolute Gasteiger partial charge is 0.449 e. The van der Waals surface area contributed by atoms with Gasteiger partial charge in [-0.1, -0.05) is 19.8 Å². The molecule has 2 unspecified atom stereocenters. The second-order valence-electron chi connectivity index (χ2n) is 6.78. The molecule has 3 heteroatoms. The quantitative estimate of drug-likeness (QED) is 0.885. The molecule has 3 rings (SSSR count). The molecular formula is C17H25NO2. The molecule has 1 N–H and O–H groups in total. The molecule has 1 aliphatic carbocycles. The Bertz CT molecular complexity index is 484. The minimum atomic E-state index is -0.542. The van der Waals surface area contributed by atoms with Gasteiger partial charge in [-0.2, -0.15) is 0 Å². The fourth-order valence-electron chi connectivity index (χ4n) is 3.34. The monoisotopic (exact) mass is 275 g/mol. The standard InChI is InChI=1S/C17H25NO2/c1-12-5-4-6-13(9-12)11-18-14-7-8-15-16(10-14)20-17(2,3)19-15/h7-8,10,12-13,18H,4-6,9,11H2,1-3H3. The van der Waals surface area contributed by atoms with Crippen molar-refractivity contribution in [1.29, 1.82) is 0 Å². The highest BCUT2D eigenvalue weighted by molar-refractivity contribution is 5.56. The van der Waals surface area contributed by atoms with Gasteiger partial charge in [-0.3, -0.25) is 0 Å². The molecule has 0 bridgehead atoms. The van der Waals surface area contributed by atoms with E-state index in [-0.39, 0.29) is 0 Å². The summed E-state index contributed by atoms with van der Waals surface area (Å²) in [4.78, 5) is 0. The summed E-state index contributed by atoms with van der Waals surface area (Å²) in [6.45, 7) is 7.30. The van der Waals surface area contributed by atoms with Gasteiger partial charge in [0.05, 0.1) is 0 Å². The van der Waals surface area contributed by atoms with Gasteiger partial charge in [0.2, 0.25) is 5.79 Å². The number of hydrogen-bond acceptors (Lipinski definition) is 3. The predicted octanol–water partition coefficient (Wildman–Crippen LogP) is 4.43. The maximum atomic E-state index is 5.78. The summed E-state index contributed by atoms with van der Waals surface area (Å²) in [5.74, 6) is 2.83. The van der Waals surface area contributed by atoms with Crippen molar-refractivity contribution in [3.05, 3.63) is 18.2 Å². The second-order valence-corrected chi connectivity index (χ2v) is 6.78. The van der Waals surface area contributed by atoms with E-state index in [1.165, 1.54) is 25.7 Å².